The molecule has 1 fully saturated rings. The number of aliphatic hydroxyl groups is 1. The maximum atomic E-state index is 13.2. The molecule has 5 N–H and O–H groups in total. The third-order valence-electron chi connectivity index (χ3n) is 7.06. The molecular formula is C28H34N4O5S. The topological polar surface area (TPSA) is 146 Å². The second kappa shape index (κ2) is 11.2. The van der Waals surface area contributed by atoms with Gasteiger partial charge in [0.1, 0.15) is 0 Å². The minimum atomic E-state index is -3.93. The van der Waals surface area contributed by atoms with E-state index >= 15 is 0 Å². The van der Waals surface area contributed by atoms with Gasteiger partial charge in [-0.05, 0) is 68.9 Å². The molecule has 1 amide bonds. The monoisotopic (exact) mass is 538 g/mol. The minimum absolute atomic E-state index is 0.0752. The molecule has 2 aromatic carbocycles. The van der Waals surface area contributed by atoms with Crippen molar-refractivity contribution < 1.29 is 23.4 Å². The van der Waals surface area contributed by atoms with Gasteiger partial charge in [0.25, 0.3) is 10.0 Å². The molecule has 10 heteroatoms. The first-order valence-electron chi connectivity index (χ1n) is 12.6. The highest BCUT2D eigenvalue weighted by Gasteiger charge is 2.36. The Kier molecular flexibility index (Phi) is 8.17. The van der Waals surface area contributed by atoms with Crippen molar-refractivity contribution in [2.24, 2.45) is 11.8 Å². The first-order chi connectivity index (χ1) is 18.0. The number of carbonyl (C=O) groups excluding carboxylic acids is 1. The predicted octanol–water partition coefficient (Wildman–Crippen LogP) is 3.51. The van der Waals surface area contributed by atoms with Gasteiger partial charge in [0, 0.05) is 29.8 Å². The molecule has 1 aliphatic carbocycles. The van der Waals surface area contributed by atoms with Gasteiger partial charge in [-0.2, -0.15) is 0 Å². The molecule has 0 spiro atoms. The first kappa shape index (κ1) is 27.7. The average Bonchev–Trinajstić information content (AvgIpc) is 2.91. The van der Waals surface area contributed by atoms with Crippen LogP contribution >= 0.6 is 0 Å². The van der Waals surface area contributed by atoms with Crippen molar-refractivity contribution in [3.8, 4) is 17.0 Å². The average molecular weight is 539 g/mol. The molecule has 1 aliphatic rings. The van der Waals surface area contributed by atoms with Crippen LogP contribution < -0.4 is 11.2 Å². The van der Waals surface area contributed by atoms with Crippen molar-refractivity contribution in [1.29, 1.82) is 0 Å². The summed E-state index contributed by atoms with van der Waals surface area (Å²) in [5.74, 6) is 5.58. The Balaban J connectivity index is 1.38. The molecule has 0 radical (unpaired) electrons. The number of pyridine rings is 1. The molecule has 0 aliphatic heterocycles. The van der Waals surface area contributed by atoms with Crippen molar-refractivity contribution in [3.63, 3.8) is 0 Å². The van der Waals surface area contributed by atoms with E-state index in [0.717, 1.165) is 21.1 Å². The number of rotatable bonds is 8. The molecule has 1 saturated carbocycles. The lowest BCUT2D eigenvalue weighted by atomic mass is 9.84. The summed E-state index contributed by atoms with van der Waals surface area (Å²) in [6.45, 7) is 3.32. The molecule has 38 heavy (non-hydrogen) atoms. The Hall–Kier alpha value is -3.31. The zero-order valence-electron chi connectivity index (χ0n) is 21.5. The van der Waals surface area contributed by atoms with E-state index < -0.39 is 27.7 Å². The Labute approximate surface area is 223 Å². The number of nitrogens with one attached hydrogen (secondary N) is 1. The fourth-order valence-electron chi connectivity index (χ4n) is 4.86. The molecule has 9 nitrogen and oxygen atoms in total. The van der Waals surface area contributed by atoms with E-state index in [1.54, 1.807) is 32.0 Å². The van der Waals surface area contributed by atoms with E-state index in [4.69, 9.17) is 5.84 Å². The van der Waals surface area contributed by atoms with Crippen molar-refractivity contribution in [1.82, 2.24) is 14.7 Å². The molecule has 202 valence electrons. The van der Waals surface area contributed by atoms with Gasteiger partial charge in [0.15, 0.2) is 0 Å². The summed E-state index contributed by atoms with van der Waals surface area (Å²) in [5.41, 5.74) is 1.15. The quantitative estimate of drug-likeness (QED) is 0.254. The van der Waals surface area contributed by atoms with Crippen LogP contribution in [0.15, 0.2) is 77.8 Å². The van der Waals surface area contributed by atoms with Gasteiger partial charge in [-0.25, -0.2) is 13.4 Å². The third-order valence-corrected chi connectivity index (χ3v) is 8.79. The Bertz CT molecular complexity index is 1330. The standard InChI is InChI=1S/C28H34N4O5S/c1-28(2,35)26(20-6-4-3-5-7-20)31-27(34)21-8-13-23(14-9-21)32(29)38(36,37)24-15-10-19(11-16-24)22-12-17-25(33)30-18-22/h3-7,10-12,15-18,21,23,26,35H,8-9,13-14,29H2,1-2H3,(H,30,33)(H,31,34)/t21-,23-,26-/m0/s1. The van der Waals surface area contributed by atoms with E-state index in [-0.39, 0.29) is 22.6 Å². The number of benzene rings is 2. The fraction of sp³-hybridized carbons (Fsp3) is 0.357. The van der Waals surface area contributed by atoms with Crippen LogP contribution in [0.25, 0.3) is 11.1 Å². The zero-order valence-corrected chi connectivity index (χ0v) is 22.3. The third kappa shape index (κ3) is 6.21. The highest BCUT2D eigenvalue weighted by Crippen LogP contribution is 2.32. The number of hydrogen-bond donors (Lipinski definition) is 4. The molecule has 1 heterocycles. The van der Waals surface area contributed by atoms with Gasteiger partial charge in [0.05, 0.1) is 16.5 Å². The summed E-state index contributed by atoms with van der Waals surface area (Å²) in [7, 11) is -3.93. The highest BCUT2D eigenvalue weighted by atomic mass is 32.2. The van der Waals surface area contributed by atoms with Crippen LogP contribution in [0.5, 0.6) is 5.88 Å². The SMILES string of the molecule is CC(C)(O)[C@@H](NC(=O)[C@H]1CC[C@H](N(N)S(=O)(=O)c2ccc(-c3ccc(O)nc3)cc2)CC1)c1ccccc1. The van der Waals surface area contributed by atoms with Crippen molar-refractivity contribution in [2.75, 3.05) is 0 Å². The number of nitrogens with two attached hydrogens (primary N) is 1. The molecule has 3 aromatic rings. The molecular weight excluding hydrogens is 504 g/mol. The molecule has 4 rings (SSSR count). The summed E-state index contributed by atoms with van der Waals surface area (Å²) in [6, 6.07) is 17.8. The van der Waals surface area contributed by atoms with Gasteiger partial charge in [-0.3, -0.25) is 10.6 Å². The summed E-state index contributed by atoms with van der Waals surface area (Å²) < 4.78 is 27.3. The van der Waals surface area contributed by atoms with E-state index in [0.29, 0.717) is 25.7 Å². The van der Waals surface area contributed by atoms with Crippen LogP contribution in [0, 0.1) is 5.92 Å². The second-order valence-electron chi connectivity index (χ2n) is 10.3. The Morgan fingerprint density at radius 1 is 1.00 bits per heavy atom. The van der Waals surface area contributed by atoms with E-state index in [9.17, 15) is 23.4 Å². The van der Waals surface area contributed by atoms with Crippen LogP contribution in [0.2, 0.25) is 0 Å². The molecule has 0 saturated heterocycles. The van der Waals surface area contributed by atoms with Gasteiger partial charge in [-0.1, -0.05) is 42.5 Å². The van der Waals surface area contributed by atoms with Crippen molar-refractivity contribution >= 4 is 15.9 Å². The summed E-state index contributed by atoms with van der Waals surface area (Å²) in [6.07, 6.45) is 3.37. The lowest BCUT2D eigenvalue weighted by Crippen LogP contribution is -2.49. The number of hydrogen-bond acceptors (Lipinski definition) is 7. The lowest BCUT2D eigenvalue weighted by molar-refractivity contribution is -0.129. The highest BCUT2D eigenvalue weighted by molar-refractivity contribution is 7.89. The van der Waals surface area contributed by atoms with E-state index in [2.05, 4.69) is 10.3 Å². The van der Waals surface area contributed by atoms with Crippen LogP contribution in [0.3, 0.4) is 0 Å². The van der Waals surface area contributed by atoms with Crippen LogP contribution in [-0.4, -0.2) is 45.6 Å². The number of aromatic hydroxyl groups is 1. The zero-order chi connectivity index (χ0) is 27.5. The first-order valence-corrected chi connectivity index (χ1v) is 14.0. The maximum Gasteiger partial charge on any atom is 0.255 e. The van der Waals surface area contributed by atoms with E-state index in [1.807, 2.05) is 30.3 Å². The minimum Gasteiger partial charge on any atom is -0.493 e. The summed E-state index contributed by atoms with van der Waals surface area (Å²) >= 11 is 0. The smallest absolute Gasteiger partial charge is 0.255 e. The van der Waals surface area contributed by atoms with E-state index in [1.165, 1.54) is 24.4 Å². The van der Waals surface area contributed by atoms with Gasteiger partial charge in [-0.15, -0.1) is 4.41 Å². The van der Waals surface area contributed by atoms with Crippen LogP contribution in [0.4, 0.5) is 0 Å². The number of sulfonamides is 1. The van der Waals surface area contributed by atoms with Gasteiger partial charge >= 0.3 is 0 Å². The van der Waals surface area contributed by atoms with Gasteiger partial charge in [0.2, 0.25) is 11.8 Å². The Morgan fingerprint density at radius 2 is 1.61 bits per heavy atom. The largest absolute Gasteiger partial charge is 0.493 e. The summed E-state index contributed by atoms with van der Waals surface area (Å²) in [5, 5.41) is 23.0. The summed E-state index contributed by atoms with van der Waals surface area (Å²) in [4.78, 5) is 17.0. The molecule has 1 atom stereocenters. The lowest BCUT2D eigenvalue weighted by Gasteiger charge is -2.35. The normalized spacial score (nSPS) is 19.2. The molecule has 0 bridgehead atoms. The van der Waals surface area contributed by atoms with Gasteiger partial charge < -0.3 is 15.5 Å². The Morgan fingerprint density at radius 3 is 2.16 bits per heavy atom. The number of amides is 1. The maximum absolute atomic E-state index is 13.2. The number of hydrazine groups is 1. The van der Waals surface area contributed by atoms with Crippen LogP contribution in [-0.2, 0) is 14.8 Å². The fourth-order valence-corrected chi connectivity index (χ4v) is 6.19. The predicted molar refractivity (Wildman–Crippen MR) is 144 cm³/mol. The molecule has 1 aromatic heterocycles. The number of aromatic nitrogens is 1. The number of nitrogens with zero attached hydrogens (tertiary/aromatic N) is 2. The van der Waals surface area contributed by atoms with Crippen LogP contribution in [0.1, 0.15) is 51.1 Å². The van der Waals surface area contributed by atoms with Crippen molar-refractivity contribution in [2.45, 2.75) is 62.1 Å². The van der Waals surface area contributed by atoms with Crippen molar-refractivity contribution in [3.05, 3.63) is 78.5 Å². The molecule has 0 unspecified atom stereocenters. The number of carbonyl (C=O) groups is 1. The second-order valence-corrected chi connectivity index (χ2v) is 12.1.